The molecule has 0 unspecified atom stereocenters. The number of rotatable bonds is 7. The summed E-state index contributed by atoms with van der Waals surface area (Å²) in [6.07, 6.45) is 1.33. The van der Waals surface area contributed by atoms with Crippen molar-refractivity contribution in [1.82, 2.24) is 0 Å². The van der Waals surface area contributed by atoms with Crippen molar-refractivity contribution in [3.8, 4) is 0 Å². The fourth-order valence-electron chi connectivity index (χ4n) is 2.76. The van der Waals surface area contributed by atoms with Gasteiger partial charge in [0.15, 0.2) is 9.84 Å². The van der Waals surface area contributed by atoms with Gasteiger partial charge in [0, 0.05) is 17.1 Å². The molecule has 0 spiro atoms. The molecule has 2 rings (SSSR count). The van der Waals surface area contributed by atoms with E-state index in [1.807, 2.05) is 32.9 Å². The van der Waals surface area contributed by atoms with Gasteiger partial charge in [0.25, 0.3) is 0 Å². The summed E-state index contributed by atoms with van der Waals surface area (Å²) in [7, 11) is -3.49. The summed E-state index contributed by atoms with van der Waals surface area (Å²) in [5.74, 6) is -0.557. The minimum atomic E-state index is -3.49. The third-order valence-electron chi connectivity index (χ3n) is 4.32. The van der Waals surface area contributed by atoms with E-state index in [9.17, 15) is 13.2 Å². The van der Waals surface area contributed by atoms with Crippen molar-refractivity contribution >= 4 is 33.0 Å². The first-order chi connectivity index (χ1) is 12.3. The highest BCUT2D eigenvalue weighted by atomic mass is 35.5. The van der Waals surface area contributed by atoms with Crippen LogP contribution in [0.25, 0.3) is 0 Å². The standard InChI is InChI=1S/C20H24ClNO3S/c1-4-15-8-11-18(21)17(5-2)20(15)22-19(23)12-13-26(24,25)16-9-6-14(3)7-10-16/h6-11H,4-5,12-13H2,1-3H3,(H,22,23). The number of nitrogens with one attached hydrogen (secondary N) is 1. The molecule has 2 aromatic rings. The van der Waals surface area contributed by atoms with Crippen LogP contribution in [-0.2, 0) is 27.5 Å². The van der Waals surface area contributed by atoms with Gasteiger partial charge in [-0.05, 0) is 49.1 Å². The van der Waals surface area contributed by atoms with E-state index >= 15 is 0 Å². The Balaban J connectivity index is 2.12. The lowest BCUT2D eigenvalue weighted by Gasteiger charge is -2.16. The van der Waals surface area contributed by atoms with Crippen LogP contribution in [0.3, 0.4) is 0 Å². The molecule has 0 radical (unpaired) electrons. The third-order valence-corrected chi connectivity index (χ3v) is 6.40. The Hall–Kier alpha value is -1.85. The topological polar surface area (TPSA) is 63.2 Å². The number of carbonyl (C=O) groups is 1. The predicted molar refractivity (Wildman–Crippen MR) is 107 cm³/mol. The number of benzene rings is 2. The van der Waals surface area contributed by atoms with Crippen LogP contribution in [0.2, 0.25) is 5.02 Å². The van der Waals surface area contributed by atoms with Crippen molar-refractivity contribution < 1.29 is 13.2 Å². The Morgan fingerprint density at radius 3 is 2.27 bits per heavy atom. The lowest BCUT2D eigenvalue weighted by Crippen LogP contribution is -2.19. The third kappa shape index (κ3) is 4.86. The van der Waals surface area contributed by atoms with Crippen LogP contribution in [-0.4, -0.2) is 20.1 Å². The molecule has 140 valence electrons. The second kappa shape index (κ2) is 8.69. The number of amides is 1. The first kappa shape index (κ1) is 20.5. The summed E-state index contributed by atoms with van der Waals surface area (Å²) >= 11 is 6.24. The molecule has 6 heteroatoms. The van der Waals surface area contributed by atoms with Crippen LogP contribution in [0, 0.1) is 6.92 Å². The quantitative estimate of drug-likeness (QED) is 0.749. The molecular formula is C20H24ClNO3S. The Kier molecular flexibility index (Phi) is 6.84. The molecule has 0 bridgehead atoms. The van der Waals surface area contributed by atoms with E-state index < -0.39 is 9.84 Å². The molecule has 0 atom stereocenters. The minimum Gasteiger partial charge on any atom is -0.326 e. The van der Waals surface area contributed by atoms with Crippen molar-refractivity contribution in [2.45, 2.75) is 44.9 Å². The largest absolute Gasteiger partial charge is 0.326 e. The highest BCUT2D eigenvalue weighted by molar-refractivity contribution is 7.91. The molecule has 4 nitrogen and oxygen atoms in total. The van der Waals surface area contributed by atoms with Crippen LogP contribution in [0.5, 0.6) is 0 Å². The van der Waals surface area contributed by atoms with Crippen molar-refractivity contribution in [3.05, 3.63) is 58.1 Å². The molecule has 1 amide bonds. The Labute approximate surface area is 160 Å². The zero-order valence-corrected chi connectivity index (χ0v) is 16.9. The molecule has 26 heavy (non-hydrogen) atoms. The van der Waals surface area contributed by atoms with Gasteiger partial charge in [-0.15, -0.1) is 0 Å². The van der Waals surface area contributed by atoms with E-state index in [0.29, 0.717) is 17.1 Å². The number of hydrogen-bond acceptors (Lipinski definition) is 3. The Morgan fingerprint density at radius 2 is 1.69 bits per heavy atom. The van der Waals surface area contributed by atoms with Gasteiger partial charge in [-0.2, -0.15) is 0 Å². The van der Waals surface area contributed by atoms with Crippen molar-refractivity contribution in [1.29, 1.82) is 0 Å². The first-order valence-electron chi connectivity index (χ1n) is 8.68. The zero-order valence-electron chi connectivity index (χ0n) is 15.3. The second-order valence-electron chi connectivity index (χ2n) is 6.20. The monoisotopic (exact) mass is 393 g/mol. The van der Waals surface area contributed by atoms with Crippen LogP contribution in [0.15, 0.2) is 41.3 Å². The molecular weight excluding hydrogens is 370 g/mol. The number of hydrogen-bond donors (Lipinski definition) is 1. The predicted octanol–water partition coefficient (Wildman–Crippen LogP) is 4.58. The molecule has 2 aromatic carbocycles. The van der Waals surface area contributed by atoms with Gasteiger partial charge < -0.3 is 5.32 Å². The van der Waals surface area contributed by atoms with E-state index in [2.05, 4.69) is 5.32 Å². The molecule has 0 aliphatic heterocycles. The average molecular weight is 394 g/mol. The van der Waals surface area contributed by atoms with E-state index in [1.165, 1.54) is 0 Å². The Morgan fingerprint density at radius 1 is 1.04 bits per heavy atom. The molecule has 0 aliphatic rings. The van der Waals surface area contributed by atoms with Gasteiger partial charge in [0.1, 0.15) is 0 Å². The van der Waals surface area contributed by atoms with Crippen LogP contribution in [0.1, 0.15) is 37.0 Å². The molecule has 0 heterocycles. The molecule has 1 N–H and O–H groups in total. The number of sulfone groups is 1. The number of carbonyl (C=O) groups excluding carboxylic acids is 1. The fourth-order valence-corrected chi connectivity index (χ4v) is 4.29. The molecule has 0 fully saturated rings. The second-order valence-corrected chi connectivity index (χ2v) is 8.71. The van der Waals surface area contributed by atoms with Crippen LogP contribution < -0.4 is 5.32 Å². The van der Waals surface area contributed by atoms with Gasteiger partial charge >= 0.3 is 0 Å². The molecule has 0 aliphatic carbocycles. The molecule has 0 saturated carbocycles. The number of halogens is 1. The average Bonchev–Trinajstić information content (AvgIpc) is 2.61. The van der Waals surface area contributed by atoms with Gasteiger partial charge in [-0.25, -0.2) is 8.42 Å². The molecule has 0 saturated heterocycles. The number of aryl methyl sites for hydroxylation is 2. The summed E-state index contributed by atoms with van der Waals surface area (Å²) in [5.41, 5.74) is 3.56. The minimum absolute atomic E-state index is 0.102. The maximum atomic E-state index is 12.4. The summed E-state index contributed by atoms with van der Waals surface area (Å²) in [5, 5.41) is 3.47. The first-order valence-corrected chi connectivity index (χ1v) is 10.7. The highest BCUT2D eigenvalue weighted by Gasteiger charge is 2.18. The Bertz CT molecular complexity index is 890. The smallest absolute Gasteiger partial charge is 0.225 e. The SMILES string of the molecule is CCc1ccc(Cl)c(CC)c1NC(=O)CCS(=O)(=O)c1ccc(C)cc1. The van der Waals surface area contributed by atoms with Gasteiger partial charge in [0.05, 0.1) is 10.6 Å². The summed E-state index contributed by atoms with van der Waals surface area (Å²) < 4.78 is 24.8. The van der Waals surface area contributed by atoms with E-state index in [-0.39, 0.29) is 23.0 Å². The van der Waals surface area contributed by atoms with Crippen molar-refractivity contribution in [2.75, 3.05) is 11.1 Å². The van der Waals surface area contributed by atoms with Crippen LogP contribution in [0.4, 0.5) is 5.69 Å². The zero-order chi connectivity index (χ0) is 19.3. The summed E-state index contributed by atoms with van der Waals surface area (Å²) in [6, 6.07) is 10.4. The van der Waals surface area contributed by atoms with Crippen molar-refractivity contribution in [2.24, 2.45) is 0 Å². The number of anilines is 1. The summed E-state index contributed by atoms with van der Waals surface area (Å²) in [4.78, 5) is 12.6. The van der Waals surface area contributed by atoms with E-state index in [1.54, 1.807) is 24.3 Å². The summed E-state index contributed by atoms with van der Waals surface area (Å²) in [6.45, 7) is 5.86. The van der Waals surface area contributed by atoms with E-state index in [0.717, 1.165) is 23.1 Å². The lowest BCUT2D eigenvalue weighted by atomic mass is 10.0. The maximum absolute atomic E-state index is 12.4. The van der Waals surface area contributed by atoms with Crippen LogP contribution >= 0.6 is 11.6 Å². The maximum Gasteiger partial charge on any atom is 0.225 e. The highest BCUT2D eigenvalue weighted by Crippen LogP contribution is 2.29. The van der Waals surface area contributed by atoms with Gasteiger partial charge in [0.2, 0.25) is 5.91 Å². The van der Waals surface area contributed by atoms with Gasteiger partial charge in [-0.1, -0.05) is 49.2 Å². The van der Waals surface area contributed by atoms with Crippen molar-refractivity contribution in [3.63, 3.8) is 0 Å². The fraction of sp³-hybridized carbons (Fsp3) is 0.350. The lowest BCUT2D eigenvalue weighted by molar-refractivity contribution is -0.115. The normalized spacial score (nSPS) is 11.4. The van der Waals surface area contributed by atoms with E-state index in [4.69, 9.17) is 11.6 Å². The van der Waals surface area contributed by atoms with Gasteiger partial charge in [-0.3, -0.25) is 4.79 Å². The molecule has 0 aromatic heterocycles.